The number of rotatable bonds is 7. The molecule has 2 aromatic carbocycles. The molecule has 0 aromatic heterocycles. The molecule has 0 fully saturated rings. The van der Waals surface area contributed by atoms with Gasteiger partial charge in [-0.25, -0.2) is 0 Å². The molecular weight excluding hydrogens is 326 g/mol. The molecule has 0 saturated heterocycles. The monoisotopic (exact) mass is 347 g/mol. The van der Waals surface area contributed by atoms with Gasteiger partial charge in [-0.1, -0.05) is 41.9 Å². The van der Waals surface area contributed by atoms with Crippen molar-refractivity contribution in [3.8, 4) is 5.75 Å². The number of ether oxygens (including phenoxy) is 1. The van der Waals surface area contributed by atoms with Crippen molar-refractivity contribution in [3.05, 3.63) is 64.7 Å². The van der Waals surface area contributed by atoms with Crippen LogP contribution in [0.3, 0.4) is 0 Å². The third kappa shape index (κ3) is 5.25. The van der Waals surface area contributed by atoms with E-state index in [1.165, 1.54) is 0 Å². The number of hydrogen-bond acceptors (Lipinski definition) is 3. The van der Waals surface area contributed by atoms with Crippen LogP contribution in [0.2, 0.25) is 5.02 Å². The molecule has 128 valence electrons. The number of benzene rings is 2. The molecule has 0 saturated carbocycles. The number of carbonyl (C=O) groups is 1. The Kier molecular flexibility index (Phi) is 6.23. The Bertz CT molecular complexity index is 683. The standard InChI is InChI=1S/C19H22ClNO3/c1-19(2,24-17-5-3-4-16(20)12-17)18(23)21-11-10-14-6-8-15(13-22)9-7-14/h3-9,12,22H,10-11,13H2,1-2H3,(H,21,23). The van der Waals surface area contributed by atoms with Crippen molar-refractivity contribution in [3.63, 3.8) is 0 Å². The van der Waals surface area contributed by atoms with Crippen LogP contribution < -0.4 is 10.1 Å². The Balaban J connectivity index is 1.85. The van der Waals surface area contributed by atoms with Gasteiger partial charge in [-0.2, -0.15) is 0 Å². The van der Waals surface area contributed by atoms with Crippen molar-refractivity contribution < 1.29 is 14.6 Å². The molecule has 0 atom stereocenters. The van der Waals surface area contributed by atoms with Gasteiger partial charge >= 0.3 is 0 Å². The maximum Gasteiger partial charge on any atom is 0.263 e. The van der Waals surface area contributed by atoms with E-state index in [2.05, 4.69) is 5.32 Å². The van der Waals surface area contributed by atoms with Crippen LogP contribution in [0.1, 0.15) is 25.0 Å². The molecule has 2 N–H and O–H groups in total. The molecule has 0 spiro atoms. The van der Waals surface area contributed by atoms with E-state index >= 15 is 0 Å². The SMILES string of the molecule is CC(C)(Oc1cccc(Cl)c1)C(=O)NCCc1ccc(CO)cc1. The van der Waals surface area contributed by atoms with E-state index in [1.807, 2.05) is 24.3 Å². The summed E-state index contributed by atoms with van der Waals surface area (Å²) in [5, 5.41) is 12.5. The zero-order chi connectivity index (χ0) is 17.6. The van der Waals surface area contributed by atoms with E-state index in [9.17, 15) is 4.79 Å². The Hall–Kier alpha value is -2.04. The Morgan fingerprint density at radius 2 is 1.83 bits per heavy atom. The minimum Gasteiger partial charge on any atom is -0.478 e. The fourth-order valence-corrected chi connectivity index (χ4v) is 2.40. The van der Waals surface area contributed by atoms with Crippen molar-refractivity contribution in [2.24, 2.45) is 0 Å². The Labute approximate surface area is 147 Å². The number of aliphatic hydroxyl groups is 1. The molecule has 1 amide bonds. The van der Waals surface area contributed by atoms with Gasteiger partial charge in [0.2, 0.25) is 0 Å². The summed E-state index contributed by atoms with van der Waals surface area (Å²) in [4.78, 5) is 12.3. The van der Waals surface area contributed by atoms with Gasteiger partial charge in [-0.15, -0.1) is 0 Å². The van der Waals surface area contributed by atoms with Gasteiger partial charge in [0, 0.05) is 11.6 Å². The van der Waals surface area contributed by atoms with Crippen LogP contribution in [0.25, 0.3) is 0 Å². The second-order valence-corrected chi connectivity index (χ2v) is 6.49. The lowest BCUT2D eigenvalue weighted by Gasteiger charge is -2.25. The van der Waals surface area contributed by atoms with Crippen LogP contribution in [0, 0.1) is 0 Å². The number of amides is 1. The highest BCUT2D eigenvalue weighted by molar-refractivity contribution is 6.30. The number of carbonyl (C=O) groups excluding carboxylic acids is 1. The fourth-order valence-electron chi connectivity index (χ4n) is 2.22. The van der Waals surface area contributed by atoms with Crippen LogP contribution >= 0.6 is 11.6 Å². The normalized spacial score (nSPS) is 11.2. The molecule has 0 unspecified atom stereocenters. The molecule has 4 nitrogen and oxygen atoms in total. The third-order valence-electron chi connectivity index (χ3n) is 3.62. The first-order chi connectivity index (χ1) is 11.4. The molecule has 0 bridgehead atoms. The largest absolute Gasteiger partial charge is 0.478 e. The average Bonchev–Trinajstić information content (AvgIpc) is 2.55. The third-order valence-corrected chi connectivity index (χ3v) is 3.86. The lowest BCUT2D eigenvalue weighted by molar-refractivity contribution is -0.134. The average molecular weight is 348 g/mol. The molecule has 0 radical (unpaired) electrons. The van der Waals surface area contributed by atoms with Gasteiger partial charge in [0.1, 0.15) is 5.75 Å². The first kappa shape index (κ1) is 18.3. The van der Waals surface area contributed by atoms with E-state index in [-0.39, 0.29) is 12.5 Å². The van der Waals surface area contributed by atoms with Crippen LogP contribution in [0.15, 0.2) is 48.5 Å². The summed E-state index contributed by atoms with van der Waals surface area (Å²) in [6.45, 7) is 3.99. The summed E-state index contributed by atoms with van der Waals surface area (Å²) in [5.74, 6) is 0.372. The van der Waals surface area contributed by atoms with Gasteiger partial charge in [0.05, 0.1) is 6.61 Å². The van der Waals surface area contributed by atoms with E-state index < -0.39 is 5.60 Å². The summed E-state index contributed by atoms with van der Waals surface area (Å²) < 4.78 is 5.75. The van der Waals surface area contributed by atoms with Crippen LogP contribution in [0.5, 0.6) is 5.75 Å². The second kappa shape index (κ2) is 8.18. The van der Waals surface area contributed by atoms with Crippen LogP contribution in [-0.4, -0.2) is 23.2 Å². The number of halogens is 1. The van der Waals surface area contributed by atoms with E-state index in [0.717, 1.165) is 11.1 Å². The minimum absolute atomic E-state index is 0.0338. The quantitative estimate of drug-likeness (QED) is 0.807. The molecule has 0 aliphatic carbocycles. The highest BCUT2D eigenvalue weighted by Crippen LogP contribution is 2.22. The molecule has 5 heteroatoms. The van der Waals surface area contributed by atoms with Crippen molar-refractivity contribution in [1.29, 1.82) is 0 Å². The highest BCUT2D eigenvalue weighted by atomic mass is 35.5. The summed E-state index contributed by atoms with van der Waals surface area (Å²) in [5.41, 5.74) is 0.978. The lowest BCUT2D eigenvalue weighted by atomic mass is 10.1. The van der Waals surface area contributed by atoms with Gasteiger partial charge in [-0.05, 0) is 49.6 Å². The van der Waals surface area contributed by atoms with E-state index in [0.29, 0.717) is 23.7 Å². The second-order valence-electron chi connectivity index (χ2n) is 6.05. The van der Waals surface area contributed by atoms with Gasteiger partial charge in [-0.3, -0.25) is 4.79 Å². The lowest BCUT2D eigenvalue weighted by Crippen LogP contribution is -2.47. The van der Waals surface area contributed by atoms with Crippen LogP contribution in [-0.2, 0) is 17.8 Å². The minimum atomic E-state index is -0.995. The molecule has 2 aromatic rings. The van der Waals surface area contributed by atoms with Gasteiger partial charge < -0.3 is 15.2 Å². The summed E-state index contributed by atoms with van der Waals surface area (Å²) in [6.07, 6.45) is 0.713. The first-order valence-electron chi connectivity index (χ1n) is 7.82. The Morgan fingerprint density at radius 1 is 1.17 bits per heavy atom. The number of aliphatic hydroxyl groups excluding tert-OH is 1. The van der Waals surface area contributed by atoms with Crippen LogP contribution in [0.4, 0.5) is 0 Å². The summed E-state index contributed by atoms with van der Waals surface area (Å²) >= 11 is 5.93. The maximum absolute atomic E-state index is 12.3. The number of nitrogens with one attached hydrogen (secondary N) is 1. The van der Waals surface area contributed by atoms with Gasteiger partial charge in [0.25, 0.3) is 5.91 Å². The zero-order valence-electron chi connectivity index (χ0n) is 13.9. The molecule has 0 aliphatic rings. The maximum atomic E-state index is 12.3. The smallest absolute Gasteiger partial charge is 0.263 e. The topological polar surface area (TPSA) is 58.6 Å². The van der Waals surface area contributed by atoms with Crippen molar-refractivity contribution >= 4 is 17.5 Å². The zero-order valence-corrected chi connectivity index (χ0v) is 14.6. The summed E-state index contributed by atoms with van der Waals surface area (Å²) in [7, 11) is 0. The van der Waals surface area contributed by atoms with Crippen molar-refractivity contribution in [2.75, 3.05) is 6.54 Å². The highest BCUT2D eigenvalue weighted by Gasteiger charge is 2.29. The Morgan fingerprint density at radius 3 is 2.46 bits per heavy atom. The molecule has 24 heavy (non-hydrogen) atoms. The van der Waals surface area contributed by atoms with E-state index in [1.54, 1.807) is 38.1 Å². The summed E-state index contributed by atoms with van der Waals surface area (Å²) in [6, 6.07) is 14.6. The first-order valence-corrected chi connectivity index (χ1v) is 8.20. The molecule has 0 aliphatic heterocycles. The molecule has 0 heterocycles. The van der Waals surface area contributed by atoms with Crippen molar-refractivity contribution in [1.82, 2.24) is 5.32 Å². The molecule has 2 rings (SSSR count). The van der Waals surface area contributed by atoms with Gasteiger partial charge in [0.15, 0.2) is 5.60 Å². The van der Waals surface area contributed by atoms with E-state index in [4.69, 9.17) is 21.4 Å². The number of hydrogen-bond donors (Lipinski definition) is 2. The fraction of sp³-hybridized carbons (Fsp3) is 0.316. The predicted molar refractivity (Wildman–Crippen MR) is 95.2 cm³/mol. The van der Waals surface area contributed by atoms with Crippen molar-refractivity contribution in [2.45, 2.75) is 32.5 Å². The molecular formula is C19H22ClNO3. The predicted octanol–water partition coefficient (Wildman–Crippen LogP) is 3.35.